The zero-order valence-corrected chi connectivity index (χ0v) is 14.2. The summed E-state index contributed by atoms with van der Waals surface area (Å²) in [5.74, 6) is 0.656. The van der Waals surface area contributed by atoms with Gasteiger partial charge in [0.25, 0.3) is 0 Å². The molecule has 114 valence electrons. The van der Waals surface area contributed by atoms with Gasteiger partial charge in [0.05, 0.1) is 21.3 Å². The van der Waals surface area contributed by atoms with Crippen LogP contribution >= 0.6 is 23.2 Å². The van der Waals surface area contributed by atoms with Crippen molar-refractivity contribution in [2.45, 2.75) is 34.1 Å². The fraction of sp³-hybridized carbons (Fsp3) is 0.438. The molecule has 0 bridgehead atoms. The van der Waals surface area contributed by atoms with Crippen molar-refractivity contribution >= 4 is 29.1 Å². The van der Waals surface area contributed by atoms with Crippen molar-refractivity contribution in [2.24, 2.45) is 11.3 Å². The summed E-state index contributed by atoms with van der Waals surface area (Å²) in [4.78, 5) is 0. The first-order chi connectivity index (χ1) is 9.71. The first-order valence-electron chi connectivity index (χ1n) is 6.90. The topological polar surface area (TPSA) is 52.0 Å². The molecule has 1 unspecified atom stereocenters. The van der Waals surface area contributed by atoms with E-state index in [0.717, 1.165) is 12.1 Å². The van der Waals surface area contributed by atoms with Crippen molar-refractivity contribution in [3.63, 3.8) is 0 Å². The van der Waals surface area contributed by atoms with Gasteiger partial charge in [0, 0.05) is 5.56 Å². The number of nitrogens with two attached hydrogens (primary N) is 1. The van der Waals surface area contributed by atoms with Crippen LogP contribution in [0.5, 0.6) is 0 Å². The van der Waals surface area contributed by atoms with Gasteiger partial charge in [-0.15, -0.1) is 0 Å². The highest BCUT2D eigenvalue weighted by Crippen LogP contribution is 2.41. The Morgan fingerprint density at radius 3 is 2.29 bits per heavy atom. The van der Waals surface area contributed by atoms with Gasteiger partial charge in [-0.1, -0.05) is 62.1 Å². The Morgan fingerprint density at radius 1 is 1.19 bits per heavy atom. The van der Waals surface area contributed by atoms with Crippen LogP contribution in [0, 0.1) is 11.3 Å². The van der Waals surface area contributed by atoms with E-state index < -0.39 is 0 Å². The minimum absolute atomic E-state index is 0.162. The summed E-state index contributed by atoms with van der Waals surface area (Å²) in [5.41, 5.74) is 8.31. The summed E-state index contributed by atoms with van der Waals surface area (Å²) in [6.45, 7) is 8.78. The average Bonchev–Trinajstić information content (AvgIpc) is 2.70. The van der Waals surface area contributed by atoms with Crippen LogP contribution in [0.4, 0.5) is 5.88 Å². The van der Waals surface area contributed by atoms with Crippen LogP contribution in [-0.4, -0.2) is 5.16 Å². The second kappa shape index (κ2) is 5.90. The molecule has 0 fully saturated rings. The maximum absolute atomic E-state index is 6.28. The van der Waals surface area contributed by atoms with E-state index >= 15 is 0 Å². The Bertz CT molecular complexity index is 624. The largest absolute Gasteiger partial charge is 0.367 e. The van der Waals surface area contributed by atoms with E-state index in [1.165, 1.54) is 0 Å². The molecule has 0 saturated carbocycles. The lowest BCUT2D eigenvalue weighted by Gasteiger charge is -2.26. The van der Waals surface area contributed by atoms with Gasteiger partial charge >= 0.3 is 0 Å². The van der Waals surface area contributed by atoms with E-state index in [1.807, 2.05) is 0 Å². The fourth-order valence-electron chi connectivity index (χ4n) is 2.08. The maximum Gasteiger partial charge on any atom is 0.230 e. The maximum atomic E-state index is 6.28. The zero-order valence-electron chi connectivity index (χ0n) is 12.7. The van der Waals surface area contributed by atoms with Crippen molar-refractivity contribution in [3.8, 4) is 11.1 Å². The molecule has 2 aromatic rings. The third-order valence-electron chi connectivity index (χ3n) is 3.98. The van der Waals surface area contributed by atoms with Crippen LogP contribution in [-0.2, 0) is 6.42 Å². The molecule has 3 nitrogen and oxygen atoms in total. The van der Waals surface area contributed by atoms with Gasteiger partial charge in [-0.25, -0.2) is 0 Å². The monoisotopic (exact) mass is 326 g/mol. The molecule has 0 spiro atoms. The molecule has 1 aromatic carbocycles. The standard InChI is InChI=1S/C16H20Cl2N2O/c1-9(16(2,3)4)8-12-14(15(19)21-20-12)13-10(17)6-5-7-11(13)18/h5-7,9H,8,19H2,1-4H3. The average molecular weight is 327 g/mol. The lowest BCUT2D eigenvalue weighted by atomic mass is 9.79. The van der Waals surface area contributed by atoms with Gasteiger partial charge < -0.3 is 10.3 Å². The van der Waals surface area contributed by atoms with Crippen LogP contribution in [0.1, 0.15) is 33.4 Å². The number of rotatable bonds is 3. The summed E-state index contributed by atoms with van der Waals surface area (Å²) >= 11 is 12.6. The van der Waals surface area contributed by atoms with Crippen molar-refractivity contribution in [3.05, 3.63) is 33.9 Å². The normalized spacial score (nSPS) is 13.4. The number of nitrogens with zero attached hydrogens (tertiary/aromatic N) is 1. The second-order valence-corrected chi connectivity index (χ2v) is 7.25. The number of nitrogen functional groups attached to an aromatic ring is 1. The summed E-state index contributed by atoms with van der Waals surface area (Å²) < 4.78 is 5.18. The van der Waals surface area contributed by atoms with Crippen LogP contribution in [0.15, 0.2) is 22.7 Å². The van der Waals surface area contributed by atoms with Crippen LogP contribution in [0.2, 0.25) is 10.0 Å². The predicted molar refractivity (Wildman–Crippen MR) is 88.7 cm³/mol. The number of hydrogen-bond acceptors (Lipinski definition) is 3. The molecule has 0 saturated heterocycles. The Hall–Kier alpha value is -1.19. The van der Waals surface area contributed by atoms with Gasteiger partial charge in [0.15, 0.2) is 0 Å². The van der Waals surface area contributed by atoms with Gasteiger partial charge in [-0.2, -0.15) is 0 Å². The van der Waals surface area contributed by atoms with Gasteiger partial charge in [-0.3, -0.25) is 0 Å². The summed E-state index contributed by atoms with van der Waals surface area (Å²) in [6, 6.07) is 5.37. The number of anilines is 1. The molecular weight excluding hydrogens is 307 g/mol. The Labute approximate surface area is 135 Å². The molecule has 0 aliphatic rings. The lowest BCUT2D eigenvalue weighted by Crippen LogP contribution is -2.19. The minimum Gasteiger partial charge on any atom is -0.367 e. The van der Waals surface area contributed by atoms with Crippen molar-refractivity contribution in [2.75, 3.05) is 5.73 Å². The summed E-state index contributed by atoms with van der Waals surface area (Å²) in [6.07, 6.45) is 0.751. The number of hydrogen-bond donors (Lipinski definition) is 1. The quantitative estimate of drug-likeness (QED) is 0.815. The van der Waals surface area contributed by atoms with Crippen molar-refractivity contribution in [1.82, 2.24) is 5.16 Å². The highest BCUT2D eigenvalue weighted by Gasteiger charge is 2.26. The Kier molecular flexibility index (Phi) is 4.54. The molecule has 0 aliphatic carbocycles. The second-order valence-electron chi connectivity index (χ2n) is 6.44. The van der Waals surface area contributed by atoms with E-state index in [9.17, 15) is 0 Å². The molecular formula is C16H20Cl2N2O. The van der Waals surface area contributed by atoms with Crippen LogP contribution in [0.25, 0.3) is 11.1 Å². The van der Waals surface area contributed by atoms with Gasteiger partial charge in [0.2, 0.25) is 5.88 Å². The summed E-state index contributed by atoms with van der Waals surface area (Å²) in [7, 11) is 0. The predicted octanol–water partition coefficient (Wildman–Crippen LogP) is 5.46. The number of aromatic nitrogens is 1. The first-order valence-corrected chi connectivity index (χ1v) is 7.65. The molecule has 2 rings (SSSR count). The molecule has 0 aliphatic heterocycles. The van der Waals surface area contributed by atoms with E-state index in [-0.39, 0.29) is 11.3 Å². The van der Waals surface area contributed by atoms with Crippen LogP contribution in [0.3, 0.4) is 0 Å². The van der Waals surface area contributed by atoms with Crippen molar-refractivity contribution in [1.29, 1.82) is 0 Å². The van der Waals surface area contributed by atoms with E-state index in [4.69, 9.17) is 33.5 Å². The highest BCUT2D eigenvalue weighted by molar-refractivity contribution is 6.39. The number of benzene rings is 1. The molecule has 1 aromatic heterocycles. The molecule has 0 radical (unpaired) electrons. The minimum atomic E-state index is 0.162. The van der Waals surface area contributed by atoms with Crippen LogP contribution < -0.4 is 5.73 Å². The number of halogens is 2. The van der Waals surface area contributed by atoms with Crippen molar-refractivity contribution < 1.29 is 4.52 Å². The summed E-state index contributed by atoms with van der Waals surface area (Å²) in [5, 5.41) is 5.20. The zero-order chi connectivity index (χ0) is 15.8. The fourth-order valence-corrected chi connectivity index (χ4v) is 2.66. The molecule has 1 heterocycles. The van der Waals surface area contributed by atoms with E-state index in [2.05, 4.69) is 32.9 Å². The molecule has 1 atom stereocenters. The third kappa shape index (κ3) is 3.35. The lowest BCUT2D eigenvalue weighted by molar-refractivity contribution is 0.255. The Morgan fingerprint density at radius 2 is 1.76 bits per heavy atom. The third-order valence-corrected chi connectivity index (χ3v) is 4.61. The molecule has 21 heavy (non-hydrogen) atoms. The molecule has 5 heteroatoms. The molecule has 0 amide bonds. The SMILES string of the molecule is CC(Cc1noc(N)c1-c1c(Cl)cccc1Cl)C(C)(C)C. The van der Waals surface area contributed by atoms with Gasteiger partial charge in [-0.05, 0) is 29.9 Å². The highest BCUT2D eigenvalue weighted by atomic mass is 35.5. The van der Waals surface area contributed by atoms with Gasteiger partial charge in [0.1, 0.15) is 0 Å². The first kappa shape index (κ1) is 16.2. The van der Waals surface area contributed by atoms with E-state index in [0.29, 0.717) is 27.1 Å². The van der Waals surface area contributed by atoms with E-state index in [1.54, 1.807) is 18.2 Å². The Balaban J connectivity index is 2.49. The molecule has 2 N–H and O–H groups in total. The smallest absolute Gasteiger partial charge is 0.230 e.